The fraction of sp³-hybridized carbons (Fsp3) is 0.222. The van der Waals surface area contributed by atoms with Crippen LogP contribution in [0.25, 0.3) is 11.1 Å². The van der Waals surface area contributed by atoms with E-state index >= 15 is 0 Å². The fourth-order valence-electron chi connectivity index (χ4n) is 2.50. The summed E-state index contributed by atoms with van der Waals surface area (Å²) in [5.74, 6) is 1.20. The monoisotopic (exact) mass is 310 g/mol. The van der Waals surface area contributed by atoms with Gasteiger partial charge in [0.1, 0.15) is 5.60 Å². The van der Waals surface area contributed by atoms with E-state index < -0.39 is 12.7 Å². The SMILES string of the molecule is C=C1OB(c2ccc(-c3cccc(OC)c3O)cc2)OC1(C)C. The zero-order valence-electron chi connectivity index (χ0n) is 13.5. The van der Waals surface area contributed by atoms with Gasteiger partial charge < -0.3 is 19.2 Å². The van der Waals surface area contributed by atoms with Gasteiger partial charge in [-0.15, -0.1) is 0 Å². The van der Waals surface area contributed by atoms with E-state index in [9.17, 15) is 5.11 Å². The van der Waals surface area contributed by atoms with E-state index in [0.29, 0.717) is 17.1 Å². The highest BCUT2D eigenvalue weighted by atomic mass is 16.7. The lowest BCUT2D eigenvalue weighted by molar-refractivity contribution is 0.173. The molecule has 0 aromatic heterocycles. The molecule has 0 amide bonds. The van der Waals surface area contributed by atoms with Crippen molar-refractivity contribution in [2.45, 2.75) is 19.4 Å². The van der Waals surface area contributed by atoms with Gasteiger partial charge in [-0.1, -0.05) is 43.0 Å². The van der Waals surface area contributed by atoms with Gasteiger partial charge in [0.05, 0.1) is 12.9 Å². The minimum atomic E-state index is -0.492. The first-order valence-electron chi connectivity index (χ1n) is 7.42. The van der Waals surface area contributed by atoms with Crippen LogP contribution < -0.4 is 10.2 Å². The zero-order chi connectivity index (χ0) is 16.6. The highest BCUT2D eigenvalue weighted by Crippen LogP contribution is 2.36. The van der Waals surface area contributed by atoms with Gasteiger partial charge in [-0.3, -0.25) is 0 Å². The molecule has 1 aliphatic heterocycles. The minimum absolute atomic E-state index is 0.130. The van der Waals surface area contributed by atoms with Crippen molar-refractivity contribution in [1.82, 2.24) is 0 Å². The third-order valence-electron chi connectivity index (χ3n) is 4.04. The fourth-order valence-corrected chi connectivity index (χ4v) is 2.50. The van der Waals surface area contributed by atoms with Gasteiger partial charge in [-0.05, 0) is 30.9 Å². The number of methoxy groups -OCH3 is 1. The minimum Gasteiger partial charge on any atom is -0.534 e. The first kappa shape index (κ1) is 15.5. The highest BCUT2D eigenvalue weighted by molar-refractivity contribution is 6.62. The number of benzene rings is 2. The van der Waals surface area contributed by atoms with E-state index in [-0.39, 0.29) is 5.75 Å². The zero-order valence-corrected chi connectivity index (χ0v) is 13.5. The first-order chi connectivity index (χ1) is 10.9. The second-order valence-electron chi connectivity index (χ2n) is 5.98. The van der Waals surface area contributed by atoms with Crippen molar-refractivity contribution >= 4 is 12.6 Å². The molecule has 1 N–H and O–H groups in total. The molecule has 4 nitrogen and oxygen atoms in total. The Balaban J connectivity index is 1.88. The number of hydrogen-bond donors (Lipinski definition) is 1. The lowest BCUT2D eigenvalue weighted by atomic mass is 9.78. The topological polar surface area (TPSA) is 47.9 Å². The van der Waals surface area contributed by atoms with Crippen LogP contribution in [0.15, 0.2) is 54.8 Å². The maximum absolute atomic E-state index is 10.2. The molecule has 0 radical (unpaired) electrons. The molecule has 1 aliphatic rings. The first-order valence-corrected chi connectivity index (χ1v) is 7.42. The molecule has 0 aliphatic carbocycles. The van der Waals surface area contributed by atoms with E-state index in [4.69, 9.17) is 14.0 Å². The van der Waals surface area contributed by atoms with Crippen LogP contribution in [0.5, 0.6) is 11.5 Å². The molecule has 2 aromatic carbocycles. The average molecular weight is 310 g/mol. The number of phenolic OH excluding ortho intramolecular Hbond substituents is 1. The summed E-state index contributed by atoms with van der Waals surface area (Å²) in [7, 11) is 1.08. The molecule has 1 saturated heterocycles. The number of aromatic hydroxyl groups is 1. The smallest absolute Gasteiger partial charge is 0.534 e. The van der Waals surface area contributed by atoms with Crippen LogP contribution in [-0.4, -0.2) is 24.9 Å². The summed E-state index contributed by atoms with van der Waals surface area (Å²) in [4.78, 5) is 0. The standard InChI is InChI=1S/C18H19BO4/c1-12-18(2,3)23-19(22-12)14-10-8-13(9-11-14)15-6-5-7-16(21-4)17(15)20/h5-11,20H,1H2,2-4H3. The second-order valence-corrected chi connectivity index (χ2v) is 5.98. The van der Waals surface area contributed by atoms with Crippen LogP contribution in [0.3, 0.4) is 0 Å². The second kappa shape index (κ2) is 5.67. The maximum Gasteiger partial charge on any atom is 0.563 e. The largest absolute Gasteiger partial charge is 0.563 e. The normalized spacial score (nSPS) is 16.3. The third kappa shape index (κ3) is 2.80. The summed E-state index contributed by atoms with van der Waals surface area (Å²) >= 11 is 0. The van der Waals surface area contributed by atoms with Crippen LogP contribution in [0.1, 0.15) is 13.8 Å². The third-order valence-corrected chi connectivity index (χ3v) is 4.04. The molecule has 3 rings (SSSR count). The summed E-state index contributed by atoms with van der Waals surface area (Å²) in [5.41, 5.74) is 2.02. The van der Waals surface area contributed by atoms with Crippen molar-refractivity contribution in [3.8, 4) is 22.6 Å². The van der Waals surface area contributed by atoms with Crippen LogP contribution >= 0.6 is 0 Å². The highest BCUT2D eigenvalue weighted by Gasteiger charge is 2.42. The Morgan fingerprint density at radius 3 is 2.39 bits per heavy atom. The molecule has 0 saturated carbocycles. The van der Waals surface area contributed by atoms with Crippen molar-refractivity contribution in [3.05, 3.63) is 54.8 Å². The van der Waals surface area contributed by atoms with Gasteiger partial charge >= 0.3 is 7.12 Å². The van der Waals surface area contributed by atoms with E-state index in [0.717, 1.165) is 11.0 Å². The Bertz CT molecular complexity index is 737. The van der Waals surface area contributed by atoms with Crippen molar-refractivity contribution in [3.63, 3.8) is 0 Å². The Morgan fingerprint density at radius 2 is 1.83 bits per heavy atom. The Morgan fingerprint density at radius 1 is 1.13 bits per heavy atom. The van der Waals surface area contributed by atoms with E-state index in [1.165, 1.54) is 7.11 Å². The van der Waals surface area contributed by atoms with Gasteiger partial charge in [0, 0.05) is 5.56 Å². The summed E-state index contributed by atoms with van der Waals surface area (Å²) in [6.45, 7) is 7.74. The van der Waals surface area contributed by atoms with Crippen molar-refractivity contribution < 1.29 is 19.2 Å². The van der Waals surface area contributed by atoms with Gasteiger partial charge in [0.25, 0.3) is 0 Å². The van der Waals surface area contributed by atoms with E-state index in [1.807, 2.05) is 50.2 Å². The molecule has 2 aromatic rings. The quantitative estimate of drug-likeness (QED) is 0.885. The molecule has 1 heterocycles. The molecule has 1 fully saturated rings. The summed E-state index contributed by atoms with van der Waals surface area (Å²) < 4.78 is 16.7. The van der Waals surface area contributed by atoms with Gasteiger partial charge in [-0.2, -0.15) is 0 Å². The summed E-state index contributed by atoms with van der Waals surface area (Å²) in [6.07, 6.45) is 0. The Labute approximate surface area is 136 Å². The average Bonchev–Trinajstić information content (AvgIpc) is 2.81. The van der Waals surface area contributed by atoms with Gasteiger partial charge in [0.15, 0.2) is 11.5 Å². The Hall–Kier alpha value is -2.40. The number of rotatable bonds is 3. The number of hydrogen-bond acceptors (Lipinski definition) is 4. The summed E-state index contributed by atoms with van der Waals surface area (Å²) in [5, 5.41) is 10.2. The van der Waals surface area contributed by atoms with Crippen molar-refractivity contribution in [2.75, 3.05) is 7.11 Å². The molecular weight excluding hydrogens is 291 g/mol. The number of phenols is 1. The lowest BCUT2D eigenvalue weighted by Gasteiger charge is -2.15. The molecule has 118 valence electrons. The molecule has 0 atom stereocenters. The molecule has 0 unspecified atom stereocenters. The molecule has 0 bridgehead atoms. The molecule has 5 heteroatoms. The van der Waals surface area contributed by atoms with Crippen LogP contribution in [-0.2, 0) is 9.31 Å². The van der Waals surface area contributed by atoms with Crippen LogP contribution in [0, 0.1) is 0 Å². The maximum atomic E-state index is 10.2. The van der Waals surface area contributed by atoms with Crippen LogP contribution in [0.4, 0.5) is 0 Å². The van der Waals surface area contributed by atoms with Gasteiger partial charge in [0.2, 0.25) is 0 Å². The molecular formula is C18H19BO4. The van der Waals surface area contributed by atoms with Crippen molar-refractivity contribution in [2.24, 2.45) is 0 Å². The molecule has 23 heavy (non-hydrogen) atoms. The van der Waals surface area contributed by atoms with Gasteiger partial charge in [-0.25, -0.2) is 0 Å². The lowest BCUT2D eigenvalue weighted by Crippen LogP contribution is -2.34. The Kier molecular flexibility index (Phi) is 3.82. The predicted octanol–water partition coefficient (Wildman–Crippen LogP) is 3.10. The summed E-state index contributed by atoms with van der Waals surface area (Å²) in [6, 6.07) is 13.1. The number of ether oxygens (including phenoxy) is 1. The number of para-hydroxylation sites is 1. The predicted molar refractivity (Wildman–Crippen MR) is 90.9 cm³/mol. The van der Waals surface area contributed by atoms with Crippen LogP contribution in [0.2, 0.25) is 0 Å². The van der Waals surface area contributed by atoms with E-state index in [2.05, 4.69) is 6.58 Å². The van der Waals surface area contributed by atoms with Crippen molar-refractivity contribution in [1.29, 1.82) is 0 Å². The molecule has 0 spiro atoms. The van der Waals surface area contributed by atoms with E-state index in [1.54, 1.807) is 6.07 Å².